The van der Waals surface area contributed by atoms with E-state index in [-0.39, 0.29) is 0 Å². The fourth-order valence-corrected chi connectivity index (χ4v) is 2.40. The van der Waals surface area contributed by atoms with Crippen LogP contribution >= 0.6 is 0 Å². The van der Waals surface area contributed by atoms with Crippen LogP contribution in [-0.2, 0) is 0 Å². The minimum absolute atomic E-state index is 0.673. The average Bonchev–Trinajstić information content (AvgIpc) is 2.92. The van der Waals surface area contributed by atoms with Crippen molar-refractivity contribution in [3.8, 4) is 11.8 Å². The summed E-state index contributed by atoms with van der Waals surface area (Å²) < 4.78 is 0. The highest BCUT2D eigenvalue weighted by Gasteiger charge is 2.38. The fraction of sp³-hybridized carbons (Fsp3) is 0.833. The maximum absolute atomic E-state index is 3.51. The number of rotatable bonds is 3. The summed E-state index contributed by atoms with van der Waals surface area (Å²) in [4.78, 5) is 2.66. The Morgan fingerprint density at radius 1 is 1.43 bits per heavy atom. The van der Waals surface area contributed by atoms with Gasteiger partial charge in [-0.2, -0.15) is 0 Å². The summed E-state index contributed by atoms with van der Waals surface area (Å²) in [5.74, 6) is 5.99. The lowest BCUT2D eigenvalue weighted by Crippen LogP contribution is -2.34. The van der Waals surface area contributed by atoms with Crippen molar-refractivity contribution in [2.45, 2.75) is 51.2 Å². The first-order valence-corrected chi connectivity index (χ1v) is 5.70. The lowest BCUT2D eigenvalue weighted by molar-refractivity contribution is 0.255. The topological polar surface area (TPSA) is 15.3 Å². The van der Waals surface area contributed by atoms with Gasteiger partial charge < -0.3 is 5.32 Å². The van der Waals surface area contributed by atoms with E-state index in [0.717, 1.165) is 18.6 Å². The standard InChI is InChI=1S/C12H20N2/c1-3-4-7-13-11-8-10(2)14(9-11)12-5-6-12/h10-13H,5-9H2,1-2H3. The van der Waals surface area contributed by atoms with Crippen molar-refractivity contribution < 1.29 is 0 Å². The van der Waals surface area contributed by atoms with E-state index >= 15 is 0 Å². The van der Waals surface area contributed by atoms with Gasteiger partial charge in [0.05, 0.1) is 6.54 Å². The molecule has 1 N–H and O–H groups in total. The Labute approximate surface area is 87.1 Å². The molecule has 0 bridgehead atoms. The summed E-state index contributed by atoms with van der Waals surface area (Å²) >= 11 is 0. The summed E-state index contributed by atoms with van der Waals surface area (Å²) in [6.07, 6.45) is 4.14. The maximum atomic E-state index is 3.51. The van der Waals surface area contributed by atoms with Gasteiger partial charge in [0.1, 0.15) is 0 Å². The maximum Gasteiger partial charge on any atom is 0.0578 e. The van der Waals surface area contributed by atoms with E-state index in [9.17, 15) is 0 Å². The first kappa shape index (κ1) is 10.0. The summed E-state index contributed by atoms with van der Waals surface area (Å²) in [6.45, 7) is 6.34. The van der Waals surface area contributed by atoms with E-state index in [2.05, 4.69) is 29.0 Å². The summed E-state index contributed by atoms with van der Waals surface area (Å²) in [5, 5.41) is 3.51. The van der Waals surface area contributed by atoms with Gasteiger partial charge >= 0.3 is 0 Å². The van der Waals surface area contributed by atoms with Crippen LogP contribution in [0.1, 0.15) is 33.1 Å². The zero-order valence-corrected chi connectivity index (χ0v) is 9.21. The van der Waals surface area contributed by atoms with E-state index in [0.29, 0.717) is 6.04 Å². The molecule has 1 saturated carbocycles. The summed E-state index contributed by atoms with van der Waals surface area (Å²) in [5.41, 5.74) is 0. The zero-order valence-electron chi connectivity index (χ0n) is 9.21. The van der Waals surface area contributed by atoms with Crippen LogP contribution in [0.5, 0.6) is 0 Å². The third-order valence-electron chi connectivity index (χ3n) is 3.29. The van der Waals surface area contributed by atoms with E-state index in [1.54, 1.807) is 0 Å². The minimum atomic E-state index is 0.673. The smallest absolute Gasteiger partial charge is 0.0578 e. The molecule has 0 radical (unpaired) electrons. The molecular formula is C12H20N2. The SMILES string of the molecule is CC#CCNC1CC(C)N(C2CC2)C1. The Morgan fingerprint density at radius 3 is 2.86 bits per heavy atom. The number of likely N-dealkylation sites (tertiary alicyclic amines) is 1. The molecule has 2 heteroatoms. The molecule has 0 aromatic carbocycles. The van der Waals surface area contributed by atoms with Gasteiger partial charge in [-0.25, -0.2) is 0 Å². The normalized spacial score (nSPS) is 32.7. The molecule has 78 valence electrons. The van der Waals surface area contributed by atoms with Gasteiger partial charge in [0, 0.05) is 24.7 Å². The third kappa shape index (κ3) is 2.29. The van der Waals surface area contributed by atoms with Crippen LogP contribution in [0.3, 0.4) is 0 Å². The largest absolute Gasteiger partial charge is 0.302 e. The number of hydrogen-bond acceptors (Lipinski definition) is 2. The Balaban J connectivity index is 1.76. The second kappa shape index (κ2) is 4.33. The van der Waals surface area contributed by atoms with Crippen LogP contribution in [0.15, 0.2) is 0 Å². The van der Waals surface area contributed by atoms with Crippen LogP contribution in [0.2, 0.25) is 0 Å². The van der Waals surface area contributed by atoms with Gasteiger partial charge in [-0.05, 0) is 33.1 Å². The van der Waals surface area contributed by atoms with Gasteiger partial charge in [-0.15, -0.1) is 5.92 Å². The molecule has 2 nitrogen and oxygen atoms in total. The first-order chi connectivity index (χ1) is 6.81. The monoisotopic (exact) mass is 192 g/mol. The lowest BCUT2D eigenvalue weighted by Gasteiger charge is -2.19. The van der Waals surface area contributed by atoms with Gasteiger partial charge in [0.25, 0.3) is 0 Å². The molecule has 2 fully saturated rings. The van der Waals surface area contributed by atoms with E-state index in [1.165, 1.54) is 25.8 Å². The molecule has 2 rings (SSSR count). The van der Waals surface area contributed by atoms with Crippen molar-refractivity contribution in [1.82, 2.24) is 10.2 Å². The third-order valence-corrected chi connectivity index (χ3v) is 3.29. The minimum Gasteiger partial charge on any atom is -0.302 e. The predicted molar refractivity (Wildman–Crippen MR) is 59.0 cm³/mol. The molecule has 2 unspecified atom stereocenters. The van der Waals surface area contributed by atoms with Crippen molar-refractivity contribution in [2.75, 3.05) is 13.1 Å². The average molecular weight is 192 g/mol. The molecular weight excluding hydrogens is 172 g/mol. The molecule has 0 aromatic rings. The van der Waals surface area contributed by atoms with Crippen molar-refractivity contribution in [3.63, 3.8) is 0 Å². The molecule has 0 amide bonds. The summed E-state index contributed by atoms with van der Waals surface area (Å²) in [6, 6.07) is 2.36. The molecule has 1 aliphatic carbocycles. The van der Waals surface area contributed by atoms with Crippen LogP contribution in [0, 0.1) is 11.8 Å². The molecule has 1 saturated heterocycles. The highest BCUT2D eigenvalue weighted by atomic mass is 15.3. The van der Waals surface area contributed by atoms with E-state index in [1.807, 2.05) is 6.92 Å². The molecule has 0 aromatic heterocycles. The molecule has 2 aliphatic rings. The molecule has 2 atom stereocenters. The molecule has 1 aliphatic heterocycles. The number of nitrogens with zero attached hydrogens (tertiary/aromatic N) is 1. The van der Waals surface area contributed by atoms with Crippen molar-refractivity contribution in [1.29, 1.82) is 0 Å². The molecule has 0 spiro atoms. The fourth-order valence-electron chi connectivity index (χ4n) is 2.40. The Morgan fingerprint density at radius 2 is 2.21 bits per heavy atom. The van der Waals surface area contributed by atoms with Crippen LogP contribution in [0.4, 0.5) is 0 Å². The Kier molecular flexibility index (Phi) is 3.10. The van der Waals surface area contributed by atoms with Crippen molar-refractivity contribution >= 4 is 0 Å². The van der Waals surface area contributed by atoms with Gasteiger partial charge in [-0.3, -0.25) is 4.90 Å². The Hall–Kier alpha value is -0.520. The lowest BCUT2D eigenvalue weighted by atomic mass is 10.2. The number of hydrogen-bond donors (Lipinski definition) is 1. The van der Waals surface area contributed by atoms with E-state index in [4.69, 9.17) is 0 Å². The first-order valence-electron chi connectivity index (χ1n) is 5.70. The molecule has 14 heavy (non-hydrogen) atoms. The second-order valence-corrected chi connectivity index (χ2v) is 4.52. The van der Waals surface area contributed by atoms with Crippen molar-refractivity contribution in [3.05, 3.63) is 0 Å². The van der Waals surface area contributed by atoms with Gasteiger partial charge in [0.15, 0.2) is 0 Å². The quantitative estimate of drug-likeness (QED) is 0.676. The number of nitrogens with one attached hydrogen (secondary N) is 1. The van der Waals surface area contributed by atoms with Gasteiger partial charge in [-0.1, -0.05) is 5.92 Å². The van der Waals surface area contributed by atoms with Crippen LogP contribution in [-0.4, -0.2) is 36.1 Å². The molecule has 1 heterocycles. The van der Waals surface area contributed by atoms with Crippen LogP contribution in [0.25, 0.3) is 0 Å². The van der Waals surface area contributed by atoms with Crippen molar-refractivity contribution in [2.24, 2.45) is 0 Å². The second-order valence-electron chi connectivity index (χ2n) is 4.52. The highest BCUT2D eigenvalue weighted by molar-refractivity contribution is 5.00. The van der Waals surface area contributed by atoms with Gasteiger partial charge in [0.2, 0.25) is 0 Å². The summed E-state index contributed by atoms with van der Waals surface area (Å²) in [7, 11) is 0. The predicted octanol–water partition coefficient (Wildman–Crippen LogP) is 1.22. The van der Waals surface area contributed by atoms with Crippen LogP contribution < -0.4 is 5.32 Å². The highest BCUT2D eigenvalue weighted by Crippen LogP contribution is 2.33. The van der Waals surface area contributed by atoms with E-state index < -0.39 is 0 Å². The Bertz CT molecular complexity index is 247. The zero-order chi connectivity index (χ0) is 9.97.